The molecule has 0 aliphatic heterocycles. The highest BCUT2D eigenvalue weighted by atomic mass is 32.2. The van der Waals surface area contributed by atoms with Gasteiger partial charge in [0.05, 0.1) is 0 Å². The summed E-state index contributed by atoms with van der Waals surface area (Å²) in [5.41, 5.74) is -0.625. The Balaban J connectivity index is 2.38. The van der Waals surface area contributed by atoms with E-state index in [1.165, 1.54) is 6.07 Å². The average Bonchev–Trinajstić information content (AvgIpc) is 3.19. The van der Waals surface area contributed by atoms with E-state index in [9.17, 15) is 17.6 Å². The Kier molecular flexibility index (Phi) is 3.74. The minimum absolute atomic E-state index is 0.263. The minimum atomic E-state index is -4.27. The summed E-state index contributed by atoms with van der Waals surface area (Å²) in [6.07, 6.45) is 1.24. The second kappa shape index (κ2) is 5.19. The van der Waals surface area contributed by atoms with Crippen LogP contribution in [0.15, 0.2) is 23.1 Å². The molecule has 0 amide bonds. The number of aliphatic carboxylic acids is 1. The van der Waals surface area contributed by atoms with Crippen LogP contribution in [-0.2, 0) is 14.8 Å². The number of hydrogen-bond acceptors (Lipinski definition) is 4. The van der Waals surface area contributed by atoms with E-state index in [0.717, 1.165) is 18.2 Å². The molecule has 1 fully saturated rings. The molecule has 0 bridgehead atoms. The second-order valence-corrected chi connectivity index (χ2v) is 6.18. The molecule has 2 rings (SSSR count). The zero-order valence-corrected chi connectivity index (χ0v) is 11.0. The molecule has 0 heterocycles. The van der Waals surface area contributed by atoms with E-state index in [4.69, 9.17) is 10.4 Å². The maximum atomic E-state index is 13.4. The van der Waals surface area contributed by atoms with Gasteiger partial charge >= 0.3 is 5.97 Å². The van der Waals surface area contributed by atoms with Crippen molar-refractivity contribution in [2.75, 3.05) is 0 Å². The number of carboxylic acid groups (broad SMARTS) is 1. The van der Waals surface area contributed by atoms with E-state index in [1.54, 1.807) is 0 Å². The fraction of sp³-hybridized carbons (Fsp3) is 0.333. The molecule has 0 spiro atoms. The van der Waals surface area contributed by atoms with Crippen LogP contribution in [-0.4, -0.2) is 25.5 Å². The third kappa shape index (κ3) is 2.79. The van der Waals surface area contributed by atoms with Gasteiger partial charge in [-0.05, 0) is 30.9 Å². The first-order chi connectivity index (χ1) is 9.36. The molecule has 8 heteroatoms. The maximum Gasteiger partial charge on any atom is 0.322 e. The Hall–Kier alpha value is -1.98. The highest BCUT2D eigenvalue weighted by Crippen LogP contribution is 2.33. The number of benzene rings is 1. The van der Waals surface area contributed by atoms with Gasteiger partial charge in [-0.2, -0.15) is 9.98 Å². The van der Waals surface area contributed by atoms with Gasteiger partial charge in [-0.25, -0.2) is 12.8 Å². The number of nitriles is 1. The van der Waals surface area contributed by atoms with Crippen molar-refractivity contribution in [3.63, 3.8) is 0 Å². The van der Waals surface area contributed by atoms with E-state index in [-0.39, 0.29) is 5.92 Å². The molecule has 1 saturated carbocycles. The van der Waals surface area contributed by atoms with E-state index < -0.39 is 38.3 Å². The molecule has 20 heavy (non-hydrogen) atoms. The third-order valence-corrected chi connectivity index (χ3v) is 4.50. The van der Waals surface area contributed by atoms with Crippen molar-refractivity contribution in [3.05, 3.63) is 29.6 Å². The SMILES string of the molecule is N#Cc1c(F)cccc1S(=O)(=O)NC(C(=O)O)C1CC1. The summed E-state index contributed by atoms with van der Waals surface area (Å²) in [4.78, 5) is 10.5. The van der Waals surface area contributed by atoms with Crippen molar-refractivity contribution in [2.45, 2.75) is 23.8 Å². The lowest BCUT2D eigenvalue weighted by Crippen LogP contribution is -2.42. The van der Waals surface area contributed by atoms with Crippen molar-refractivity contribution < 1.29 is 22.7 Å². The summed E-state index contributed by atoms with van der Waals surface area (Å²) in [6, 6.07) is 3.40. The van der Waals surface area contributed by atoms with Crippen LogP contribution in [0.2, 0.25) is 0 Å². The third-order valence-electron chi connectivity index (χ3n) is 3.02. The topological polar surface area (TPSA) is 107 Å². The first-order valence-corrected chi connectivity index (χ1v) is 7.29. The Bertz CT molecular complexity index is 692. The molecular weight excluding hydrogens is 287 g/mol. The molecule has 1 atom stereocenters. The van der Waals surface area contributed by atoms with Crippen LogP contribution in [0.1, 0.15) is 18.4 Å². The van der Waals surface area contributed by atoms with Gasteiger partial charge in [0.1, 0.15) is 28.4 Å². The highest BCUT2D eigenvalue weighted by molar-refractivity contribution is 7.89. The Morgan fingerprint density at radius 3 is 2.65 bits per heavy atom. The van der Waals surface area contributed by atoms with Crippen LogP contribution in [0.5, 0.6) is 0 Å². The van der Waals surface area contributed by atoms with Gasteiger partial charge < -0.3 is 5.11 Å². The first-order valence-electron chi connectivity index (χ1n) is 5.80. The van der Waals surface area contributed by atoms with Crippen LogP contribution < -0.4 is 4.72 Å². The number of halogens is 1. The number of sulfonamides is 1. The minimum Gasteiger partial charge on any atom is -0.480 e. The molecule has 6 nitrogen and oxygen atoms in total. The van der Waals surface area contributed by atoms with Crippen LogP contribution in [0, 0.1) is 23.1 Å². The first kappa shape index (κ1) is 14.4. The van der Waals surface area contributed by atoms with Gasteiger partial charge in [0.2, 0.25) is 10.0 Å². The van der Waals surface area contributed by atoms with Crippen molar-refractivity contribution in [2.24, 2.45) is 5.92 Å². The number of hydrogen-bond donors (Lipinski definition) is 2. The fourth-order valence-electron chi connectivity index (χ4n) is 1.85. The van der Waals surface area contributed by atoms with Crippen molar-refractivity contribution >= 4 is 16.0 Å². The van der Waals surface area contributed by atoms with Crippen molar-refractivity contribution in [1.82, 2.24) is 4.72 Å². The molecule has 2 N–H and O–H groups in total. The molecule has 0 aromatic heterocycles. The predicted octanol–water partition coefficient (Wildman–Crippen LogP) is 0.839. The largest absolute Gasteiger partial charge is 0.480 e. The van der Waals surface area contributed by atoms with E-state index in [0.29, 0.717) is 12.8 Å². The van der Waals surface area contributed by atoms with Gasteiger partial charge in [-0.3, -0.25) is 4.79 Å². The molecule has 1 aromatic rings. The lowest BCUT2D eigenvalue weighted by Gasteiger charge is -2.14. The molecule has 0 radical (unpaired) electrons. The molecule has 1 unspecified atom stereocenters. The average molecular weight is 298 g/mol. The lowest BCUT2D eigenvalue weighted by atomic mass is 10.2. The number of carbonyl (C=O) groups is 1. The fourth-order valence-corrected chi connectivity index (χ4v) is 3.27. The van der Waals surface area contributed by atoms with Gasteiger partial charge in [0, 0.05) is 0 Å². The van der Waals surface area contributed by atoms with Crippen LogP contribution in [0.25, 0.3) is 0 Å². The van der Waals surface area contributed by atoms with Gasteiger partial charge in [-0.15, -0.1) is 0 Å². The monoisotopic (exact) mass is 298 g/mol. The summed E-state index contributed by atoms with van der Waals surface area (Å²) in [7, 11) is -4.27. The number of carboxylic acids is 1. The van der Waals surface area contributed by atoms with Crippen molar-refractivity contribution in [3.8, 4) is 6.07 Å². The van der Waals surface area contributed by atoms with E-state index >= 15 is 0 Å². The molecule has 1 aromatic carbocycles. The molecule has 106 valence electrons. The molecule has 0 saturated heterocycles. The van der Waals surface area contributed by atoms with E-state index in [1.807, 2.05) is 4.72 Å². The van der Waals surface area contributed by atoms with Gasteiger partial charge in [0.15, 0.2) is 0 Å². The molecule has 1 aliphatic rings. The van der Waals surface area contributed by atoms with Gasteiger partial charge in [0.25, 0.3) is 0 Å². The second-order valence-electron chi connectivity index (χ2n) is 4.50. The summed E-state index contributed by atoms with van der Waals surface area (Å²) >= 11 is 0. The predicted molar refractivity (Wildman–Crippen MR) is 65.6 cm³/mol. The van der Waals surface area contributed by atoms with Crippen LogP contribution in [0.4, 0.5) is 4.39 Å². The van der Waals surface area contributed by atoms with Crippen LogP contribution >= 0.6 is 0 Å². The Morgan fingerprint density at radius 1 is 1.50 bits per heavy atom. The van der Waals surface area contributed by atoms with E-state index in [2.05, 4.69) is 0 Å². The number of rotatable bonds is 5. The summed E-state index contributed by atoms with van der Waals surface area (Å²) in [5.74, 6) is -2.51. The summed E-state index contributed by atoms with van der Waals surface area (Å²) in [5, 5.41) is 17.8. The molecular formula is C12H11FN2O4S. The zero-order chi connectivity index (χ0) is 14.9. The maximum absolute atomic E-state index is 13.4. The summed E-state index contributed by atoms with van der Waals surface area (Å²) < 4.78 is 39.7. The lowest BCUT2D eigenvalue weighted by molar-refractivity contribution is -0.139. The molecule has 1 aliphatic carbocycles. The summed E-state index contributed by atoms with van der Waals surface area (Å²) in [6.45, 7) is 0. The quantitative estimate of drug-likeness (QED) is 0.837. The van der Waals surface area contributed by atoms with Gasteiger partial charge in [-0.1, -0.05) is 6.07 Å². The number of nitrogens with one attached hydrogen (secondary N) is 1. The normalized spacial score (nSPS) is 16.4. The van der Waals surface area contributed by atoms with Crippen molar-refractivity contribution in [1.29, 1.82) is 5.26 Å². The standard InChI is InChI=1S/C12H11FN2O4S/c13-9-2-1-3-10(8(9)6-14)20(18,19)15-11(12(16)17)7-4-5-7/h1-3,7,11,15H,4-5H2,(H,16,17). The zero-order valence-electron chi connectivity index (χ0n) is 10.2. The highest BCUT2D eigenvalue weighted by Gasteiger charge is 2.39. The Morgan fingerprint density at radius 2 is 2.15 bits per heavy atom. The number of nitrogens with zero attached hydrogens (tertiary/aromatic N) is 1. The Labute approximate surface area is 114 Å². The smallest absolute Gasteiger partial charge is 0.322 e. The van der Waals surface area contributed by atoms with Crippen LogP contribution in [0.3, 0.4) is 0 Å².